The van der Waals surface area contributed by atoms with Gasteiger partial charge in [-0.25, -0.2) is 9.97 Å². The van der Waals surface area contributed by atoms with E-state index in [1.807, 2.05) is 9.80 Å². The largest absolute Gasteiger partial charge is 0.352 e. The molecular weight excluding hydrogens is 306 g/mol. The molecule has 0 N–H and O–H groups in total. The number of aromatic nitrogens is 2. The fourth-order valence-electron chi connectivity index (χ4n) is 3.38. The maximum Gasteiger partial charge on any atom is 0.274 e. The number of likely N-dealkylation sites (tertiary alicyclic amines) is 1. The molecular formula is C17H25N5O2. The van der Waals surface area contributed by atoms with Gasteiger partial charge in [-0.15, -0.1) is 0 Å². The Balaban J connectivity index is 1.61. The van der Waals surface area contributed by atoms with Crippen LogP contribution in [0.3, 0.4) is 0 Å². The summed E-state index contributed by atoms with van der Waals surface area (Å²) in [5.74, 6) is 1.40. The average Bonchev–Trinajstić information content (AvgIpc) is 2.61. The maximum atomic E-state index is 12.5. The Hall–Kier alpha value is -2.18. The Morgan fingerprint density at radius 2 is 1.79 bits per heavy atom. The van der Waals surface area contributed by atoms with Gasteiger partial charge in [-0.3, -0.25) is 9.59 Å². The van der Waals surface area contributed by atoms with E-state index in [-0.39, 0.29) is 11.8 Å². The van der Waals surface area contributed by atoms with Crippen molar-refractivity contribution in [3.63, 3.8) is 0 Å². The Bertz CT molecular complexity index is 596. The van der Waals surface area contributed by atoms with Crippen LogP contribution in [-0.4, -0.2) is 70.9 Å². The van der Waals surface area contributed by atoms with Gasteiger partial charge in [0.05, 0.1) is 12.4 Å². The number of rotatable bonds is 2. The highest BCUT2D eigenvalue weighted by atomic mass is 16.2. The quantitative estimate of drug-likeness (QED) is 0.809. The first-order valence-corrected chi connectivity index (χ1v) is 8.66. The summed E-state index contributed by atoms with van der Waals surface area (Å²) in [4.78, 5) is 38.5. The van der Waals surface area contributed by atoms with E-state index in [2.05, 4.69) is 21.8 Å². The van der Waals surface area contributed by atoms with E-state index in [0.29, 0.717) is 24.7 Å². The number of nitrogens with zero attached hydrogens (tertiary/aromatic N) is 5. The number of anilines is 1. The number of carbonyl (C=O) groups is 2. The summed E-state index contributed by atoms with van der Waals surface area (Å²) in [6, 6.07) is 0. The van der Waals surface area contributed by atoms with Gasteiger partial charge < -0.3 is 14.7 Å². The molecule has 0 aromatic carbocycles. The van der Waals surface area contributed by atoms with E-state index in [1.165, 1.54) is 6.42 Å². The predicted octanol–water partition coefficient (Wildman–Crippen LogP) is 1.02. The van der Waals surface area contributed by atoms with Crippen LogP contribution < -0.4 is 4.90 Å². The standard InChI is InChI=1S/C17H25N5O2/c1-13-4-3-5-22(12-13)17(24)15-10-19-16(11-18-15)21-8-6-20(7-9-21)14(2)23/h10-11,13H,3-9,12H2,1-2H3. The van der Waals surface area contributed by atoms with Gasteiger partial charge in [0, 0.05) is 46.2 Å². The lowest BCUT2D eigenvalue weighted by Gasteiger charge is -2.34. The van der Waals surface area contributed by atoms with E-state index >= 15 is 0 Å². The molecule has 2 saturated heterocycles. The van der Waals surface area contributed by atoms with Crippen molar-refractivity contribution in [1.29, 1.82) is 0 Å². The first-order chi connectivity index (χ1) is 11.5. The molecule has 2 aliphatic rings. The van der Waals surface area contributed by atoms with Crippen LogP contribution in [0.4, 0.5) is 5.82 Å². The van der Waals surface area contributed by atoms with Crippen molar-refractivity contribution in [3.05, 3.63) is 18.1 Å². The molecule has 3 rings (SSSR count). The van der Waals surface area contributed by atoms with Crippen LogP contribution >= 0.6 is 0 Å². The van der Waals surface area contributed by atoms with Crippen LogP contribution in [-0.2, 0) is 4.79 Å². The minimum absolute atomic E-state index is 0.0259. The van der Waals surface area contributed by atoms with Gasteiger partial charge in [-0.2, -0.15) is 0 Å². The topological polar surface area (TPSA) is 69.6 Å². The number of hydrogen-bond acceptors (Lipinski definition) is 5. The molecule has 7 heteroatoms. The molecule has 0 spiro atoms. The second-order valence-electron chi connectivity index (χ2n) is 6.75. The van der Waals surface area contributed by atoms with Crippen LogP contribution in [0.2, 0.25) is 0 Å². The highest BCUT2D eigenvalue weighted by Crippen LogP contribution is 2.18. The molecule has 0 bridgehead atoms. The highest BCUT2D eigenvalue weighted by Gasteiger charge is 2.24. The molecule has 1 unspecified atom stereocenters. The summed E-state index contributed by atoms with van der Waals surface area (Å²) in [5.41, 5.74) is 0.412. The van der Waals surface area contributed by atoms with Crippen LogP contribution in [0.1, 0.15) is 37.2 Å². The van der Waals surface area contributed by atoms with Crippen LogP contribution in [0.25, 0.3) is 0 Å². The second-order valence-corrected chi connectivity index (χ2v) is 6.75. The average molecular weight is 331 g/mol. The summed E-state index contributed by atoms with van der Waals surface area (Å²) >= 11 is 0. The van der Waals surface area contributed by atoms with Crippen molar-refractivity contribution in [1.82, 2.24) is 19.8 Å². The first kappa shape index (κ1) is 16.7. The minimum atomic E-state index is -0.0259. The molecule has 130 valence electrons. The van der Waals surface area contributed by atoms with Crippen LogP contribution in [0.5, 0.6) is 0 Å². The number of carbonyl (C=O) groups excluding carboxylic acids is 2. The molecule has 7 nitrogen and oxygen atoms in total. The van der Waals surface area contributed by atoms with E-state index in [4.69, 9.17) is 0 Å². The molecule has 2 fully saturated rings. The molecule has 1 atom stereocenters. The Morgan fingerprint density at radius 3 is 2.38 bits per heavy atom. The lowest BCUT2D eigenvalue weighted by molar-refractivity contribution is -0.129. The normalized spacial score (nSPS) is 21.8. The molecule has 0 aliphatic carbocycles. The predicted molar refractivity (Wildman–Crippen MR) is 90.8 cm³/mol. The lowest BCUT2D eigenvalue weighted by atomic mass is 10.0. The summed E-state index contributed by atoms with van der Waals surface area (Å²) in [6.07, 6.45) is 5.48. The van der Waals surface area contributed by atoms with Gasteiger partial charge in [-0.1, -0.05) is 6.92 Å². The van der Waals surface area contributed by atoms with Crippen molar-refractivity contribution < 1.29 is 9.59 Å². The zero-order valence-corrected chi connectivity index (χ0v) is 14.4. The van der Waals surface area contributed by atoms with Crippen molar-refractivity contribution in [3.8, 4) is 0 Å². The maximum absolute atomic E-state index is 12.5. The van der Waals surface area contributed by atoms with Crippen molar-refractivity contribution >= 4 is 17.6 Å². The van der Waals surface area contributed by atoms with Gasteiger partial charge in [0.2, 0.25) is 5.91 Å². The molecule has 3 heterocycles. The smallest absolute Gasteiger partial charge is 0.274 e. The number of hydrogen-bond donors (Lipinski definition) is 0. The molecule has 24 heavy (non-hydrogen) atoms. The molecule has 1 aromatic heterocycles. The number of piperazine rings is 1. The van der Waals surface area contributed by atoms with Gasteiger partial charge in [0.15, 0.2) is 0 Å². The van der Waals surface area contributed by atoms with Gasteiger partial charge in [0.1, 0.15) is 11.5 Å². The second kappa shape index (κ2) is 7.15. The van der Waals surface area contributed by atoms with E-state index < -0.39 is 0 Å². The third kappa shape index (κ3) is 3.66. The van der Waals surface area contributed by atoms with Crippen molar-refractivity contribution in [2.45, 2.75) is 26.7 Å². The molecule has 1 aromatic rings. The van der Waals surface area contributed by atoms with Gasteiger partial charge >= 0.3 is 0 Å². The monoisotopic (exact) mass is 331 g/mol. The highest BCUT2D eigenvalue weighted by molar-refractivity contribution is 5.92. The third-order valence-electron chi connectivity index (χ3n) is 4.85. The zero-order chi connectivity index (χ0) is 17.1. The van der Waals surface area contributed by atoms with E-state index in [0.717, 1.165) is 38.4 Å². The van der Waals surface area contributed by atoms with Gasteiger partial charge in [-0.05, 0) is 18.8 Å². The lowest BCUT2D eigenvalue weighted by Crippen LogP contribution is -2.48. The van der Waals surface area contributed by atoms with E-state index in [1.54, 1.807) is 19.3 Å². The van der Waals surface area contributed by atoms with Crippen LogP contribution in [0.15, 0.2) is 12.4 Å². The Kier molecular flexibility index (Phi) is 4.97. The minimum Gasteiger partial charge on any atom is -0.352 e. The zero-order valence-electron chi connectivity index (χ0n) is 14.4. The molecule has 0 saturated carbocycles. The Morgan fingerprint density at radius 1 is 1.04 bits per heavy atom. The molecule has 2 aliphatic heterocycles. The van der Waals surface area contributed by atoms with Crippen molar-refractivity contribution in [2.24, 2.45) is 5.92 Å². The summed E-state index contributed by atoms with van der Waals surface area (Å²) in [7, 11) is 0. The molecule has 2 amide bonds. The summed E-state index contributed by atoms with van der Waals surface area (Å²) in [6.45, 7) is 8.25. The number of amides is 2. The van der Waals surface area contributed by atoms with E-state index in [9.17, 15) is 9.59 Å². The SMILES string of the molecule is CC(=O)N1CCN(c2cnc(C(=O)N3CCCC(C)C3)cn2)CC1. The van der Waals surface area contributed by atoms with Crippen LogP contribution in [0, 0.1) is 5.92 Å². The fraction of sp³-hybridized carbons (Fsp3) is 0.647. The summed E-state index contributed by atoms with van der Waals surface area (Å²) < 4.78 is 0. The number of piperidine rings is 1. The van der Waals surface area contributed by atoms with Crippen molar-refractivity contribution in [2.75, 3.05) is 44.2 Å². The van der Waals surface area contributed by atoms with Gasteiger partial charge in [0.25, 0.3) is 5.91 Å². The fourth-order valence-corrected chi connectivity index (χ4v) is 3.38. The molecule has 0 radical (unpaired) electrons. The Labute approximate surface area is 142 Å². The third-order valence-corrected chi connectivity index (χ3v) is 4.85. The first-order valence-electron chi connectivity index (χ1n) is 8.66. The summed E-state index contributed by atoms with van der Waals surface area (Å²) in [5, 5.41) is 0.